The van der Waals surface area contributed by atoms with Crippen molar-refractivity contribution in [3.05, 3.63) is 70.8 Å². The van der Waals surface area contributed by atoms with Gasteiger partial charge >= 0.3 is 5.97 Å². The first-order valence-electron chi connectivity index (χ1n) is 12.2. The van der Waals surface area contributed by atoms with E-state index >= 15 is 0 Å². The zero-order valence-electron chi connectivity index (χ0n) is 20.3. The van der Waals surface area contributed by atoms with Crippen LogP contribution in [0.5, 0.6) is 0 Å². The number of hydrogen-bond donors (Lipinski definition) is 4. The number of rotatable bonds is 11. The number of nitrogens with zero attached hydrogens (tertiary/aromatic N) is 1. The summed E-state index contributed by atoms with van der Waals surface area (Å²) >= 11 is 0. The monoisotopic (exact) mass is 480 g/mol. The molecular weight excluding hydrogens is 444 g/mol. The highest BCUT2D eigenvalue weighted by molar-refractivity contribution is 5.95. The Balaban J connectivity index is 2.03. The van der Waals surface area contributed by atoms with Crippen LogP contribution >= 0.6 is 0 Å². The first kappa shape index (κ1) is 26.4. The van der Waals surface area contributed by atoms with Crippen molar-refractivity contribution in [3.8, 4) is 0 Å². The molecule has 0 fully saturated rings. The molecule has 7 N–H and O–H groups in total. The van der Waals surface area contributed by atoms with E-state index in [0.29, 0.717) is 50.6 Å². The molecule has 0 saturated carbocycles. The number of amides is 2. The number of carboxylic acids is 1. The molecule has 1 aliphatic rings. The Morgan fingerprint density at radius 1 is 1.14 bits per heavy atom. The molecule has 35 heavy (non-hydrogen) atoms. The van der Waals surface area contributed by atoms with Crippen molar-refractivity contribution < 1.29 is 19.5 Å². The largest absolute Gasteiger partial charge is 0.480 e. The van der Waals surface area contributed by atoms with E-state index in [9.17, 15) is 19.5 Å². The predicted molar refractivity (Wildman–Crippen MR) is 135 cm³/mol. The highest BCUT2D eigenvalue weighted by Gasteiger charge is 2.47. The average molecular weight is 481 g/mol. The van der Waals surface area contributed by atoms with Gasteiger partial charge < -0.3 is 27.2 Å². The van der Waals surface area contributed by atoms with Crippen molar-refractivity contribution in [2.45, 2.75) is 69.5 Å². The molecule has 0 heterocycles. The van der Waals surface area contributed by atoms with Crippen molar-refractivity contribution in [1.29, 1.82) is 0 Å². The summed E-state index contributed by atoms with van der Waals surface area (Å²) in [7, 11) is 0. The summed E-state index contributed by atoms with van der Waals surface area (Å²) in [5.41, 5.74) is 19.2. The van der Waals surface area contributed by atoms with Gasteiger partial charge in [0, 0.05) is 5.56 Å². The number of benzene rings is 2. The fourth-order valence-electron chi connectivity index (χ4n) is 5.11. The molecule has 8 nitrogen and oxygen atoms in total. The number of primary amides is 1. The third-order valence-electron chi connectivity index (χ3n) is 7.05. The number of carboxylic acid groups (broad SMARTS) is 1. The average Bonchev–Trinajstić information content (AvgIpc) is 2.86. The van der Waals surface area contributed by atoms with Crippen molar-refractivity contribution >= 4 is 17.8 Å². The molecule has 1 unspecified atom stereocenters. The fourth-order valence-corrected chi connectivity index (χ4v) is 5.11. The van der Waals surface area contributed by atoms with E-state index in [4.69, 9.17) is 17.2 Å². The summed E-state index contributed by atoms with van der Waals surface area (Å²) < 4.78 is 0. The van der Waals surface area contributed by atoms with Gasteiger partial charge in [-0.15, -0.1) is 0 Å². The minimum absolute atomic E-state index is 0.192. The number of carbonyl (C=O) groups excluding carboxylic acids is 2. The summed E-state index contributed by atoms with van der Waals surface area (Å²) in [5.74, 6) is -2.05. The van der Waals surface area contributed by atoms with E-state index < -0.39 is 35.4 Å². The van der Waals surface area contributed by atoms with Crippen LogP contribution in [-0.4, -0.2) is 45.9 Å². The van der Waals surface area contributed by atoms with Gasteiger partial charge in [-0.2, -0.15) is 0 Å². The van der Waals surface area contributed by atoms with Crippen LogP contribution in [0.3, 0.4) is 0 Å². The van der Waals surface area contributed by atoms with Crippen molar-refractivity contribution in [3.63, 3.8) is 0 Å². The topological polar surface area (TPSA) is 153 Å². The number of nitrogens with two attached hydrogens (primary N) is 3. The second kappa shape index (κ2) is 11.5. The van der Waals surface area contributed by atoms with Gasteiger partial charge in [-0.3, -0.25) is 9.59 Å². The molecule has 8 heteroatoms. The smallest absolute Gasteiger partial charge is 0.329 e. The number of carbonyl (C=O) groups is 3. The Hall–Kier alpha value is -3.23. The Kier molecular flexibility index (Phi) is 8.64. The number of hydrogen-bond acceptors (Lipinski definition) is 5. The van der Waals surface area contributed by atoms with E-state index in [-0.39, 0.29) is 6.42 Å². The van der Waals surface area contributed by atoms with Crippen LogP contribution in [-0.2, 0) is 22.4 Å². The van der Waals surface area contributed by atoms with Crippen molar-refractivity contribution in [1.82, 2.24) is 4.90 Å². The SMILES string of the molecule is C[C@](CCCN)(C(=O)O)N(C(=O)[C@@H](N)CCc1ccccc1)C1CCCc2c(C(N)=O)cccc21. The molecule has 3 rings (SSSR count). The molecule has 2 aromatic rings. The van der Waals surface area contributed by atoms with Crippen molar-refractivity contribution in [2.24, 2.45) is 17.2 Å². The van der Waals surface area contributed by atoms with Gasteiger partial charge in [0.2, 0.25) is 11.8 Å². The molecule has 0 spiro atoms. The van der Waals surface area contributed by atoms with E-state index in [1.165, 1.54) is 4.90 Å². The lowest BCUT2D eigenvalue weighted by Crippen LogP contribution is -2.60. The number of fused-ring (bicyclic) bond motifs is 1. The maximum atomic E-state index is 13.9. The van der Waals surface area contributed by atoms with Gasteiger partial charge in [0.05, 0.1) is 12.1 Å². The van der Waals surface area contributed by atoms with Gasteiger partial charge in [0.15, 0.2) is 0 Å². The van der Waals surface area contributed by atoms with Crippen LogP contribution in [0.1, 0.15) is 72.1 Å². The summed E-state index contributed by atoms with van der Waals surface area (Å²) in [6.45, 7) is 1.87. The zero-order chi connectivity index (χ0) is 25.6. The lowest BCUT2D eigenvalue weighted by atomic mass is 9.80. The van der Waals surface area contributed by atoms with Crippen LogP contribution < -0.4 is 17.2 Å². The first-order chi connectivity index (χ1) is 16.7. The van der Waals surface area contributed by atoms with Gasteiger partial charge in [-0.25, -0.2) is 4.79 Å². The molecule has 0 aliphatic heterocycles. The Morgan fingerprint density at radius 3 is 2.49 bits per heavy atom. The van der Waals surface area contributed by atoms with Crippen LogP contribution in [0.2, 0.25) is 0 Å². The van der Waals surface area contributed by atoms with Crippen LogP contribution in [0, 0.1) is 0 Å². The molecule has 2 amide bonds. The summed E-state index contributed by atoms with van der Waals surface area (Å²) in [4.78, 5) is 40.1. The van der Waals surface area contributed by atoms with Gasteiger partial charge in [0.25, 0.3) is 0 Å². The second-order valence-corrected chi connectivity index (χ2v) is 9.46. The van der Waals surface area contributed by atoms with E-state index in [0.717, 1.165) is 16.7 Å². The Morgan fingerprint density at radius 2 is 1.86 bits per heavy atom. The quantitative estimate of drug-likeness (QED) is 0.388. The maximum absolute atomic E-state index is 13.9. The van der Waals surface area contributed by atoms with E-state index in [1.54, 1.807) is 19.1 Å². The molecule has 3 atom stereocenters. The van der Waals surface area contributed by atoms with Gasteiger partial charge in [0.1, 0.15) is 5.54 Å². The highest BCUT2D eigenvalue weighted by atomic mass is 16.4. The van der Waals surface area contributed by atoms with E-state index in [1.807, 2.05) is 36.4 Å². The number of aliphatic carboxylic acids is 1. The first-order valence-corrected chi connectivity index (χ1v) is 12.2. The zero-order valence-corrected chi connectivity index (χ0v) is 20.3. The minimum atomic E-state index is -1.51. The normalized spacial score (nSPS) is 17.6. The molecule has 0 saturated heterocycles. The lowest BCUT2D eigenvalue weighted by molar-refractivity contribution is -0.163. The third kappa shape index (κ3) is 5.71. The summed E-state index contributed by atoms with van der Waals surface area (Å²) in [6.07, 6.45) is 3.51. The molecule has 188 valence electrons. The maximum Gasteiger partial charge on any atom is 0.329 e. The van der Waals surface area contributed by atoms with Gasteiger partial charge in [-0.05, 0) is 81.2 Å². The van der Waals surface area contributed by atoms with Gasteiger partial charge in [-0.1, -0.05) is 42.5 Å². The lowest BCUT2D eigenvalue weighted by Gasteiger charge is -2.46. The molecule has 0 radical (unpaired) electrons. The van der Waals surface area contributed by atoms with E-state index in [2.05, 4.69) is 0 Å². The highest BCUT2D eigenvalue weighted by Crippen LogP contribution is 2.41. The summed E-state index contributed by atoms with van der Waals surface area (Å²) in [6, 6.07) is 13.6. The number of aryl methyl sites for hydroxylation is 1. The predicted octanol–water partition coefficient (Wildman–Crippen LogP) is 2.53. The Bertz CT molecular complexity index is 1060. The van der Waals surface area contributed by atoms with Crippen molar-refractivity contribution in [2.75, 3.05) is 6.54 Å². The van der Waals surface area contributed by atoms with Crippen LogP contribution in [0.25, 0.3) is 0 Å². The molecule has 0 aromatic heterocycles. The molecule has 1 aliphatic carbocycles. The molecule has 0 bridgehead atoms. The fraction of sp³-hybridized carbons (Fsp3) is 0.444. The molecular formula is C27H36N4O4. The summed E-state index contributed by atoms with van der Waals surface area (Å²) in [5, 5.41) is 10.3. The standard InChI is InChI=1S/C27H36N4O4/c1-27(26(34)35,16-7-17-28)31(25(33)22(29)15-14-18-8-3-2-4-9-18)23-13-6-10-19-20(23)11-5-12-21(19)24(30)32/h2-5,8-9,11-12,22-23H,6-7,10,13-17,28-29H2,1H3,(H2,30,32)(H,34,35)/t22-,23?,27-/m0/s1. The van der Waals surface area contributed by atoms with Crippen LogP contribution in [0.4, 0.5) is 0 Å². The second-order valence-electron chi connectivity index (χ2n) is 9.46. The third-order valence-corrected chi connectivity index (χ3v) is 7.05. The van der Waals surface area contributed by atoms with Crippen LogP contribution in [0.15, 0.2) is 48.5 Å². The molecule has 2 aromatic carbocycles. The minimum Gasteiger partial charge on any atom is -0.480 e. The Labute approximate surface area is 206 Å².